The Morgan fingerprint density at radius 2 is 0.500 bits per heavy atom. The molecule has 136 heavy (non-hydrogen) atoms. The number of fused-ring (bicyclic) bond motifs is 15. The van der Waals surface area contributed by atoms with Gasteiger partial charge in [-0.1, -0.05) is 196 Å². The second-order valence-corrected chi connectivity index (χ2v) is 38.0. The summed E-state index contributed by atoms with van der Waals surface area (Å²) < 4.78 is 74.8. The minimum Gasteiger partial charge on any atom is -0.496 e. The number of benzene rings is 13. The Kier molecular flexibility index (Phi) is 13.4. The van der Waals surface area contributed by atoms with Gasteiger partial charge in [0.05, 0.1) is 113 Å². The predicted molar refractivity (Wildman–Crippen MR) is 518 cm³/mol. The molecule has 34 rings (SSSR count). The number of pyridine rings is 6. The summed E-state index contributed by atoms with van der Waals surface area (Å²) in [6.07, 6.45) is 0. The lowest BCUT2D eigenvalue weighted by Crippen LogP contribution is -2.74. The van der Waals surface area contributed by atoms with Crippen molar-refractivity contribution in [3.8, 4) is 177 Å². The molecular formula is C119H77N9O8+6. The van der Waals surface area contributed by atoms with Crippen LogP contribution in [0.4, 0.5) is 0 Å². The van der Waals surface area contributed by atoms with E-state index in [9.17, 15) is 0 Å². The van der Waals surface area contributed by atoms with Crippen molar-refractivity contribution >= 4 is 65.4 Å². The summed E-state index contributed by atoms with van der Waals surface area (Å²) in [7, 11) is 3.37. The SMILES string of the molecule is COc1cc2[n+]3c(c1)-c1cc(OC)cc4[n+]1C31c3c(cccc3-n3c5ccccc5c5ccc(c1c53)O4)O2.Cc1cc(C)c(-c2cc3[n+]4c(c2)-c2cc(-c5c(C)cc(C)cc5C)cc5[n+]2C42c4c(cccc4-n4c6ccccc6c6ccc(c2c64)O5)O3)c(C)c1.c1ccc(-c2cc3[n+]4c(c2)-c2cc(-c5ccccc5)cc5[n+]2C42c4c(cccc4-n4c6ccccc6c6ccc(c2c64)O5)O3)cc1. The molecule has 0 fully saturated rings. The van der Waals surface area contributed by atoms with Gasteiger partial charge in [-0.15, -0.1) is 0 Å². The summed E-state index contributed by atoms with van der Waals surface area (Å²) in [5.41, 5.74) is 38.2. The fraction of sp³-hybridized carbons (Fsp3) is 0.0924. The highest BCUT2D eigenvalue weighted by molar-refractivity contribution is 6.15. The molecule has 13 aromatic carbocycles. The van der Waals surface area contributed by atoms with Gasteiger partial charge in [0.2, 0.25) is 0 Å². The van der Waals surface area contributed by atoms with Gasteiger partial charge in [0.1, 0.15) is 11.5 Å². The fourth-order valence-electron chi connectivity index (χ4n) is 26.6. The van der Waals surface area contributed by atoms with Crippen LogP contribution in [0.5, 0.6) is 81.3 Å². The Balaban J connectivity index is 0.0000000943. The molecule has 0 radical (unpaired) electrons. The van der Waals surface area contributed by atoms with Crippen LogP contribution in [0.2, 0.25) is 0 Å². The van der Waals surface area contributed by atoms with Crippen LogP contribution in [0, 0.1) is 41.5 Å². The molecule has 3 atom stereocenters. The van der Waals surface area contributed by atoms with Gasteiger partial charge < -0.3 is 51.6 Å². The number of nitrogens with zero attached hydrogens (tertiary/aromatic N) is 9. The molecule has 0 aliphatic carbocycles. The van der Waals surface area contributed by atoms with Crippen LogP contribution in [0.3, 0.4) is 0 Å². The number of methoxy groups -OCH3 is 2. The van der Waals surface area contributed by atoms with Gasteiger partial charge in [-0.25, -0.2) is 0 Å². The quantitative estimate of drug-likeness (QED) is 0.151. The lowest BCUT2D eigenvalue weighted by Gasteiger charge is -2.35. The third kappa shape index (κ3) is 8.48. The first kappa shape index (κ1) is 73.3. The number of hydrogen-bond acceptors (Lipinski definition) is 8. The molecule has 17 nitrogen and oxygen atoms in total. The molecule has 0 N–H and O–H groups in total. The van der Waals surface area contributed by atoms with Gasteiger partial charge in [0.15, 0.2) is 67.9 Å². The summed E-state index contributed by atoms with van der Waals surface area (Å²) in [5, 5.41) is 7.31. The maximum atomic E-state index is 7.16. The van der Waals surface area contributed by atoms with Crippen LogP contribution in [0.1, 0.15) is 66.8 Å². The number of rotatable bonds is 6. The molecule has 12 aliphatic heterocycles. The Bertz CT molecular complexity index is 9280. The van der Waals surface area contributed by atoms with E-state index in [4.69, 9.17) is 37.9 Å². The highest BCUT2D eigenvalue weighted by Crippen LogP contribution is 2.65. The van der Waals surface area contributed by atoms with Gasteiger partial charge in [-0.3, -0.25) is 0 Å². The minimum atomic E-state index is -0.761. The Hall–Kier alpha value is -17.4. The van der Waals surface area contributed by atoms with E-state index in [1.807, 2.05) is 12.1 Å². The maximum absolute atomic E-state index is 7.16. The second kappa shape index (κ2) is 24.8. The summed E-state index contributed by atoms with van der Waals surface area (Å²) in [5.74, 6) is 11.3. The first-order valence-electron chi connectivity index (χ1n) is 46.5. The van der Waals surface area contributed by atoms with Crippen LogP contribution in [0.25, 0.3) is 161 Å². The Labute approximate surface area is 777 Å². The molecule has 0 saturated heterocycles. The van der Waals surface area contributed by atoms with Crippen molar-refractivity contribution in [2.75, 3.05) is 14.2 Å². The second-order valence-electron chi connectivity index (χ2n) is 38.0. The molecule has 640 valence electrons. The third-order valence-electron chi connectivity index (χ3n) is 31.0. The van der Waals surface area contributed by atoms with Crippen molar-refractivity contribution < 1.29 is 65.3 Å². The van der Waals surface area contributed by atoms with Gasteiger partial charge in [-0.2, -0.15) is 0 Å². The van der Waals surface area contributed by atoms with E-state index < -0.39 is 17.0 Å². The van der Waals surface area contributed by atoms with E-state index in [-0.39, 0.29) is 0 Å². The normalized spacial score (nSPS) is 16.8. The van der Waals surface area contributed by atoms with Gasteiger partial charge in [0.25, 0.3) is 34.2 Å². The molecule has 3 spiro atoms. The molecule has 3 unspecified atom stereocenters. The molecule has 22 aromatic rings. The number of hydrogen-bond donors (Lipinski definition) is 0. The van der Waals surface area contributed by atoms with Crippen molar-refractivity contribution in [3.05, 3.63) is 388 Å². The van der Waals surface area contributed by atoms with Crippen LogP contribution < -0.4 is 65.3 Å². The largest absolute Gasteiger partial charge is 0.496 e. The van der Waals surface area contributed by atoms with Crippen molar-refractivity contribution in [1.82, 2.24) is 13.7 Å². The maximum Gasteiger partial charge on any atom is 0.433 e. The Morgan fingerprint density at radius 1 is 0.228 bits per heavy atom. The smallest absolute Gasteiger partial charge is 0.433 e. The van der Waals surface area contributed by atoms with Crippen LogP contribution in [0.15, 0.2) is 322 Å². The van der Waals surface area contributed by atoms with Gasteiger partial charge >= 0.3 is 52.3 Å². The molecule has 0 saturated carbocycles. The van der Waals surface area contributed by atoms with E-state index in [0.29, 0.717) is 11.8 Å². The van der Waals surface area contributed by atoms with Crippen molar-refractivity contribution in [3.63, 3.8) is 0 Å². The topological polar surface area (TPSA) is 112 Å². The summed E-state index contributed by atoms with van der Waals surface area (Å²) >= 11 is 0. The monoisotopic (exact) mass is 1760 g/mol. The predicted octanol–water partition coefficient (Wildman–Crippen LogP) is 24.0. The number of para-hydroxylation sites is 3. The zero-order valence-corrected chi connectivity index (χ0v) is 74.9. The highest BCUT2D eigenvalue weighted by Gasteiger charge is 2.79. The molecule has 17 heteroatoms. The highest BCUT2D eigenvalue weighted by atomic mass is 16.5. The fourth-order valence-corrected chi connectivity index (χ4v) is 26.6. The summed E-state index contributed by atoms with van der Waals surface area (Å²) in [4.78, 5) is 0. The molecule has 9 aromatic heterocycles. The molecule has 21 heterocycles. The van der Waals surface area contributed by atoms with Gasteiger partial charge in [0, 0.05) is 56.6 Å². The molecule has 0 bridgehead atoms. The van der Waals surface area contributed by atoms with Crippen LogP contribution >= 0.6 is 0 Å². The number of ether oxygens (including phenoxy) is 8. The zero-order chi connectivity index (χ0) is 89.6. The van der Waals surface area contributed by atoms with E-state index >= 15 is 0 Å². The lowest BCUT2D eigenvalue weighted by molar-refractivity contribution is -0.943. The third-order valence-corrected chi connectivity index (χ3v) is 31.0. The van der Waals surface area contributed by atoms with Crippen LogP contribution in [-0.4, -0.2) is 27.9 Å². The zero-order valence-electron chi connectivity index (χ0n) is 74.9. The standard InChI is InChI=1S/C47H35N3O2.C41H23N3O2.C31H19N3O4/c1-24-16-26(3)42(27(4)17-24)30-20-36-37-21-31(43-28(5)18-25(2)19-29(43)6)23-41-50(37)47-44-35(12-9-13-38(44)51-40(22-30)49(36)47)48-34-11-8-7-10-32(34)33-14-15-39(52-41)45(47)46(33)48;1-3-10-24(11-4-1)26-20-32-33-21-27(25-12-5-2-6-13-25)23-37-44(33)41-38-31(16-9-17-34(38)45-36(22-26)43(32)41)42-30-15-8-7-14-28(30)29-18-19-35(46-37)39(41)40(29)42;1-35-16-12-22-23-13-17(36-2)15-27-34(23)31-28-21(8-5-9-24(28)37-26(14-16)33(22)31)32-20-7-4-3-6-18(20)19-10-11-25(38-27)29(31)30(19)32/h7-23H,1-6H3;1-23H;3-15H,1-2H3/q3*+2. The number of aromatic nitrogens is 9. The van der Waals surface area contributed by atoms with E-state index in [0.717, 1.165) is 199 Å². The van der Waals surface area contributed by atoms with Crippen molar-refractivity contribution in [2.24, 2.45) is 0 Å². The van der Waals surface area contributed by atoms with Crippen LogP contribution in [-0.2, 0) is 17.0 Å². The summed E-state index contributed by atoms with van der Waals surface area (Å²) in [6, 6.07) is 115. The van der Waals surface area contributed by atoms with Crippen molar-refractivity contribution in [1.29, 1.82) is 0 Å². The minimum absolute atomic E-state index is 0.715. The molecular weight excluding hydrogens is 1680 g/mol. The first-order valence-corrected chi connectivity index (χ1v) is 46.5. The lowest BCUT2D eigenvalue weighted by atomic mass is 9.82. The summed E-state index contributed by atoms with van der Waals surface area (Å²) in [6.45, 7) is 13.2. The van der Waals surface area contributed by atoms with E-state index in [2.05, 4.69) is 392 Å². The Morgan fingerprint density at radius 3 is 0.816 bits per heavy atom. The molecule has 0 amide bonds. The molecule has 12 aliphatic rings. The average Bonchev–Trinajstić information content (AvgIpc) is 1.47. The average molecular weight is 1760 g/mol. The van der Waals surface area contributed by atoms with Gasteiger partial charge in [-0.05, 0) is 199 Å². The van der Waals surface area contributed by atoms with Crippen molar-refractivity contribution in [2.45, 2.75) is 58.5 Å². The first-order chi connectivity index (χ1) is 66.8. The van der Waals surface area contributed by atoms with E-state index in [1.165, 1.54) is 98.9 Å². The van der Waals surface area contributed by atoms with E-state index in [1.54, 1.807) is 14.2 Å². The number of aryl methyl sites for hydroxylation is 6.